The lowest BCUT2D eigenvalue weighted by molar-refractivity contribution is -0.384. The third kappa shape index (κ3) is 2.97. The van der Waals surface area contributed by atoms with E-state index in [1.54, 1.807) is 0 Å². The lowest BCUT2D eigenvalue weighted by Crippen LogP contribution is -2.37. The average Bonchev–Trinajstić information content (AvgIpc) is 2.82. The summed E-state index contributed by atoms with van der Waals surface area (Å²) >= 11 is 0. The lowest BCUT2D eigenvalue weighted by atomic mass is 10.3. The summed E-state index contributed by atoms with van der Waals surface area (Å²) in [5, 5.41) is 13.1. The van der Waals surface area contributed by atoms with Crippen molar-refractivity contribution in [1.29, 1.82) is 0 Å². The Morgan fingerprint density at radius 3 is 2.95 bits per heavy atom. The second-order valence-electron chi connectivity index (χ2n) is 3.82. The third-order valence-corrected chi connectivity index (χ3v) is 2.55. The lowest BCUT2D eigenvalue weighted by Gasteiger charge is -2.12. The smallest absolute Gasteiger partial charge is 0.324 e. The van der Waals surface area contributed by atoms with E-state index >= 15 is 0 Å². The van der Waals surface area contributed by atoms with E-state index in [1.165, 1.54) is 24.3 Å². The van der Waals surface area contributed by atoms with Crippen molar-refractivity contribution in [3.05, 3.63) is 34.4 Å². The number of benzene rings is 1. The standard InChI is InChI=1S/C11H11N3O5/c15-10(13-5-4-12-11(13)16)7-19-9-3-1-2-8(6-9)14(17)18/h1-3,6H,4-5,7H2,(H,12,16). The number of carbonyl (C=O) groups excluding carboxylic acids is 2. The topological polar surface area (TPSA) is 102 Å². The molecule has 1 N–H and O–H groups in total. The van der Waals surface area contributed by atoms with Crippen LogP contribution in [-0.4, -0.2) is 41.5 Å². The molecule has 0 saturated carbocycles. The van der Waals surface area contributed by atoms with Crippen LogP contribution in [-0.2, 0) is 4.79 Å². The van der Waals surface area contributed by atoms with Crippen LogP contribution >= 0.6 is 0 Å². The zero-order valence-corrected chi connectivity index (χ0v) is 9.87. The SMILES string of the molecule is O=C(COc1cccc([N+](=O)[O-])c1)N1CCNC1=O. The number of urea groups is 1. The van der Waals surface area contributed by atoms with Gasteiger partial charge in [-0.25, -0.2) is 4.79 Å². The molecular formula is C11H11N3O5. The summed E-state index contributed by atoms with van der Waals surface area (Å²) in [7, 11) is 0. The van der Waals surface area contributed by atoms with Gasteiger partial charge in [-0.3, -0.25) is 19.8 Å². The van der Waals surface area contributed by atoms with Crippen molar-refractivity contribution >= 4 is 17.6 Å². The molecule has 1 fully saturated rings. The van der Waals surface area contributed by atoms with Crippen molar-refractivity contribution in [3.63, 3.8) is 0 Å². The number of imide groups is 1. The average molecular weight is 265 g/mol. The second-order valence-corrected chi connectivity index (χ2v) is 3.82. The van der Waals surface area contributed by atoms with Gasteiger partial charge in [0.1, 0.15) is 5.75 Å². The Morgan fingerprint density at radius 2 is 2.32 bits per heavy atom. The maximum absolute atomic E-state index is 11.7. The van der Waals surface area contributed by atoms with Crippen LogP contribution < -0.4 is 10.1 Å². The number of carbonyl (C=O) groups is 2. The van der Waals surface area contributed by atoms with Crippen LogP contribution in [0.4, 0.5) is 10.5 Å². The molecule has 0 bridgehead atoms. The van der Waals surface area contributed by atoms with Crippen LogP contribution in [0.1, 0.15) is 0 Å². The van der Waals surface area contributed by atoms with Gasteiger partial charge < -0.3 is 10.1 Å². The van der Waals surface area contributed by atoms with Crippen LogP contribution in [0.15, 0.2) is 24.3 Å². The van der Waals surface area contributed by atoms with Crippen molar-refractivity contribution in [3.8, 4) is 5.75 Å². The molecule has 19 heavy (non-hydrogen) atoms. The first-order chi connectivity index (χ1) is 9.08. The molecule has 1 saturated heterocycles. The van der Waals surface area contributed by atoms with Gasteiger partial charge in [0.05, 0.1) is 11.0 Å². The van der Waals surface area contributed by atoms with Gasteiger partial charge in [0, 0.05) is 19.2 Å². The van der Waals surface area contributed by atoms with Crippen molar-refractivity contribution in [2.45, 2.75) is 0 Å². The van der Waals surface area contributed by atoms with Crippen molar-refractivity contribution in [1.82, 2.24) is 10.2 Å². The number of nitrogens with one attached hydrogen (secondary N) is 1. The molecule has 0 radical (unpaired) electrons. The Labute approximate surface area is 108 Å². The minimum Gasteiger partial charge on any atom is -0.483 e. The van der Waals surface area contributed by atoms with Crippen LogP contribution in [0, 0.1) is 10.1 Å². The van der Waals surface area contributed by atoms with Crippen LogP contribution in [0.25, 0.3) is 0 Å². The zero-order valence-electron chi connectivity index (χ0n) is 9.87. The number of rotatable bonds is 4. The molecule has 2 rings (SSSR count). The fourth-order valence-corrected chi connectivity index (χ4v) is 1.62. The van der Waals surface area contributed by atoms with E-state index < -0.39 is 16.9 Å². The normalized spacial score (nSPS) is 14.1. The summed E-state index contributed by atoms with van der Waals surface area (Å²) in [6.07, 6.45) is 0. The highest BCUT2D eigenvalue weighted by molar-refractivity contribution is 5.96. The Balaban J connectivity index is 1.95. The summed E-state index contributed by atoms with van der Waals surface area (Å²) < 4.78 is 5.14. The van der Waals surface area contributed by atoms with Gasteiger partial charge in [0.2, 0.25) is 0 Å². The van der Waals surface area contributed by atoms with E-state index in [2.05, 4.69) is 5.32 Å². The molecular weight excluding hydrogens is 254 g/mol. The molecule has 0 aliphatic carbocycles. The number of ether oxygens (including phenoxy) is 1. The molecule has 1 aromatic rings. The summed E-state index contributed by atoms with van der Waals surface area (Å²) in [6.45, 7) is 0.381. The maximum atomic E-state index is 11.7. The summed E-state index contributed by atoms with van der Waals surface area (Å²) in [5.74, 6) is -0.274. The molecule has 1 aromatic carbocycles. The Bertz CT molecular complexity index is 531. The number of non-ortho nitro benzene ring substituents is 1. The molecule has 8 nitrogen and oxygen atoms in total. The van der Waals surface area contributed by atoms with Crippen LogP contribution in [0.5, 0.6) is 5.75 Å². The zero-order chi connectivity index (χ0) is 13.8. The quantitative estimate of drug-likeness (QED) is 0.631. The van der Waals surface area contributed by atoms with Crippen molar-refractivity contribution in [2.75, 3.05) is 19.7 Å². The summed E-state index contributed by atoms with van der Waals surface area (Å²) in [5.41, 5.74) is -0.121. The van der Waals surface area contributed by atoms with E-state index in [0.717, 1.165) is 4.90 Å². The van der Waals surface area contributed by atoms with Crippen molar-refractivity contribution < 1.29 is 19.2 Å². The van der Waals surface area contributed by atoms with Crippen molar-refractivity contribution in [2.24, 2.45) is 0 Å². The predicted octanol–water partition coefficient (Wildman–Crippen LogP) is 0.525. The first-order valence-electron chi connectivity index (χ1n) is 5.53. The van der Waals surface area contributed by atoms with E-state index in [1.807, 2.05) is 0 Å². The minimum atomic E-state index is -0.553. The van der Waals surface area contributed by atoms with Gasteiger partial charge in [0.25, 0.3) is 11.6 Å². The van der Waals surface area contributed by atoms with E-state index in [-0.39, 0.29) is 18.0 Å². The highest BCUT2D eigenvalue weighted by atomic mass is 16.6. The van der Waals surface area contributed by atoms with Gasteiger partial charge in [-0.15, -0.1) is 0 Å². The number of hydrogen-bond donors (Lipinski definition) is 1. The van der Waals surface area contributed by atoms with Gasteiger partial charge >= 0.3 is 6.03 Å². The second kappa shape index (κ2) is 5.34. The number of nitro benzene ring substituents is 1. The molecule has 3 amide bonds. The summed E-state index contributed by atoms with van der Waals surface area (Å²) in [4.78, 5) is 33.9. The summed E-state index contributed by atoms with van der Waals surface area (Å²) in [6, 6.07) is 5.05. The van der Waals surface area contributed by atoms with E-state index in [9.17, 15) is 19.7 Å². The van der Waals surface area contributed by atoms with Gasteiger partial charge in [-0.1, -0.05) is 6.07 Å². The van der Waals surface area contributed by atoms with E-state index in [0.29, 0.717) is 13.1 Å². The third-order valence-electron chi connectivity index (χ3n) is 2.55. The Kier molecular flexibility index (Phi) is 3.60. The molecule has 0 spiro atoms. The monoisotopic (exact) mass is 265 g/mol. The minimum absolute atomic E-state index is 0.121. The largest absolute Gasteiger partial charge is 0.483 e. The Morgan fingerprint density at radius 1 is 1.53 bits per heavy atom. The first kappa shape index (κ1) is 12.8. The number of nitro groups is 1. The maximum Gasteiger partial charge on any atom is 0.324 e. The number of nitrogens with zero attached hydrogens (tertiary/aromatic N) is 2. The van der Waals surface area contributed by atoms with Gasteiger partial charge in [-0.05, 0) is 6.07 Å². The fraction of sp³-hybridized carbons (Fsp3) is 0.273. The molecule has 1 aliphatic heterocycles. The highest BCUT2D eigenvalue weighted by Gasteiger charge is 2.26. The molecule has 1 heterocycles. The predicted molar refractivity (Wildman–Crippen MR) is 63.7 cm³/mol. The van der Waals surface area contributed by atoms with Gasteiger partial charge in [0.15, 0.2) is 6.61 Å². The van der Waals surface area contributed by atoms with Crippen LogP contribution in [0.2, 0.25) is 0 Å². The first-order valence-corrected chi connectivity index (χ1v) is 5.53. The van der Waals surface area contributed by atoms with E-state index in [4.69, 9.17) is 4.74 Å². The number of hydrogen-bond acceptors (Lipinski definition) is 5. The molecule has 0 unspecified atom stereocenters. The highest BCUT2D eigenvalue weighted by Crippen LogP contribution is 2.19. The fourth-order valence-electron chi connectivity index (χ4n) is 1.62. The molecule has 0 atom stereocenters. The van der Waals surface area contributed by atoms with Gasteiger partial charge in [-0.2, -0.15) is 0 Å². The molecule has 8 heteroatoms. The molecule has 100 valence electrons. The molecule has 0 aromatic heterocycles. The molecule has 1 aliphatic rings. The number of amides is 3. The Hall–Kier alpha value is -2.64. The van der Waals surface area contributed by atoms with Crippen LogP contribution in [0.3, 0.4) is 0 Å².